The molecule has 2 amide bonds. The molecule has 0 radical (unpaired) electrons. The van der Waals surface area contributed by atoms with Crippen molar-refractivity contribution in [3.63, 3.8) is 0 Å². The summed E-state index contributed by atoms with van der Waals surface area (Å²) in [5, 5.41) is 5.42. The van der Waals surface area contributed by atoms with Crippen molar-refractivity contribution in [2.24, 2.45) is 0 Å². The first-order valence-corrected chi connectivity index (χ1v) is 10.0. The minimum atomic E-state index is -3.70. The molecule has 138 valence electrons. The molecule has 1 aliphatic rings. The molecule has 0 bridgehead atoms. The molecule has 0 aromatic heterocycles. The predicted octanol–water partition coefficient (Wildman–Crippen LogP) is 1.16. The lowest BCUT2D eigenvalue weighted by atomic mass is 9.95. The number of rotatable bonds is 7. The van der Waals surface area contributed by atoms with Crippen LogP contribution in [0.1, 0.15) is 48.9 Å². The summed E-state index contributed by atoms with van der Waals surface area (Å²) in [6, 6.07) is 5.85. The van der Waals surface area contributed by atoms with Gasteiger partial charge in [0, 0.05) is 31.6 Å². The van der Waals surface area contributed by atoms with Crippen LogP contribution in [0.4, 0.5) is 0 Å². The van der Waals surface area contributed by atoms with Crippen LogP contribution < -0.4 is 15.4 Å². The molecule has 8 heteroatoms. The van der Waals surface area contributed by atoms with Crippen molar-refractivity contribution in [1.82, 2.24) is 15.4 Å². The zero-order valence-electron chi connectivity index (χ0n) is 14.4. The van der Waals surface area contributed by atoms with Gasteiger partial charge in [-0.3, -0.25) is 9.59 Å². The third-order valence-electron chi connectivity index (χ3n) is 4.27. The number of hydrogen-bond acceptors (Lipinski definition) is 4. The van der Waals surface area contributed by atoms with Crippen molar-refractivity contribution < 1.29 is 18.0 Å². The SMILES string of the molecule is CNC(=O)c1ccc(S(=O)(=O)NCCC(=O)NC2CCCCC2)cc1. The maximum atomic E-state index is 12.2. The van der Waals surface area contributed by atoms with E-state index in [-0.39, 0.29) is 35.7 Å². The third kappa shape index (κ3) is 5.82. The first kappa shape index (κ1) is 19.4. The van der Waals surface area contributed by atoms with Gasteiger partial charge in [0.15, 0.2) is 0 Å². The lowest BCUT2D eigenvalue weighted by Crippen LogP contribution is -2.38. The fourth-order valence-electron chi connectivity index (χ4n) is 2.86. The van der Waals surface area contributed by atoms with Gasteiger partial charge in [-0.2, -0.15) is 0 Å². The second-order valence-electron chi connectivity index (χ2n) is 6.15. The topological polar surface area (TPSA) is 104 Å². The van der Waals surface area contributed by atoms with Gasteiger partial charge >= 0.3 is 0 Å². The summed E-state index contributed by atoms with van der Waals surface area (Å²) in [4.78, 5) is 23.4. The van der Waals surface area contributed by atoms with Crippen LogP contribution in [0, 0.1) is 0 Å². The fourth-order valence-corrected chi connectivity index (χ4v) is 3.89. The minimum Gasteiger partial charge on any atom is -0.355 e. The molecule has 0 atom stereocenters. The van der Waals surface area contributed by atoms with E-state index in [9.17, 15) is 18.0 Å². The number of sulfonamides is 1. The Morgan fingerprint density at radius 1 is 1.08 bits per heavy atom. The molecule has 1 aromatic carbocycles. The summed E-state index contributed by atoms with van der Waals surface area (Å²) in [6.45, 7) is 0.0398. The van der Waals surface area contributed by atoms with Crippen molar-refractivity contribution in [2.45, 2.75) is 49.5 Å². The van der Waals surface area contributed by atoms with E-state index in [1.807, 2.05) is 0 Å². The van der Waals surface area contributed by atoms with E-state index in [1.165, 1.54) is 37.7 Å². The van der Waals surface area contributed by atoms with Gasteiger partial charge in [0.1, 0.15) is 0 Å². The number of nitrogens with one attached hydrogen (secondary N) is 3. The highest BCUT2D eigenvalue weighted by molar-refractivity contribution is 7.89. The van der Waals surface area contributed by atoms with Crippen molar-refractivity contribution in [3.8, 4) is 0 Å². The van der Waals surface area contributed by atoms with E-state index in [0.29, 0.717) is 5.56 Å². The molecule has 0 spiro atoms. The van der Waals surface area contributed by atoms with Crippen LogP contribution in [-0.2, 0) is 14.8 Å². The molecule has 0 heterocycles. The molecule has 1 aliphatic carbocycles. The van der Waals surface area contributed by atoms with E-state index in [0.717, 1.165) is 25.7 Å². The quantitative estimate of drug-likeness (QED) is 0.673. The first-order valence-electron chi connectivity index (χ1n) is 8.53. The Bertz CT molecular complexity index is 695. The molecule has 0 saturated heterocycles. The smallest absolute Gasteiger partial charge is 0.251 e. The number of hydrogen-bond donors (Lipinski definition) is 3. The molecule has 1 aromatic rings. The standard InChI is InChI=1S/C17H25N3O4S/c1-18-17(22)13-7-9-15(10-8-13)25(23,24)19-12-11-16(21)20-14-5-3-2-4-6-14/h7-10,14,19H,2-6,11-12H2,1H3,(H,18,22)(H,20,21). The Morgan fingerprint density at radius 3 is 2.32 bits per heavy atom. The lowest BCUT2D eigenvalue weighted by Gasteiger charge is -2.22. The van der Waals surface area contributed by atoms with Crippen LogP contribution >= 0.6 is 0 Å². The van der Waals surface area contributed by atoms with Gasteiger partial charge in [-0.1, -0.05) is 19.3 Å². The molecular weight excluding hydrogens is 342 g/mol. The maximum absolute atomic E-state index is 12.2. The summed E-state index contributed by atoms with van der Waals surface area (Å²) in [6.07, 6.45) is 5.56. The van der Waals surface area contributed by atoms with Crippen LogP contribution in [-0.4, -0.2) is 39.9 Å². The Kier molecular flexibility index (Phi) is 6.95. The van der Waals surface area contributed by atoms with Crippen LogP contribution in [0.3, 0.4) is 0 Å². The van der Waals surface area contributed by atoms with Crippen LogP contribution in [0.5, 0.6) is 0 Å². The highest BCUT2D eigenvalue weighted by Crippen LogP contribution is 2.17. The van der Waals surface area contributed by atoms with Crippen LogP contribution in [0.25, 0.3) is 0 Å². The van der Waals surface area contributed by atoms with E-state index < -0.39 is 10.0 Å². The summed E-state index contributed by atoms with van der Waals surface area (Å²) < 4.78 is 26.8. The predicted molar refractivity (Wildman–Crippen MR) is 94.7 cm³/mol. The van der Waals surface area contributed by atoms with Crippen molar-refractivity contribution in [2.75, 3.05) is 13.6 Å². The number of amides is 2. The van der Waals surface area contributed by atoms with Gasteiger partial charge in [-0.25, -0.2) is 13.1 Å². The zero-order chi connectivity index (χ0) is 18.3. The molecule has 1 saturated carbocycles. The number of benzene rings is 1. The largest absolute Gasteiger partial charge is 0.355 e. The monoisotopic (exact) mass is 367 g/mol. The van der Waals surface area contributed by atoms with Crippen molar-refractivity contribution in [1.29, 1.82) is 0 Å². The summed E-state index contributed by atoms with van der Waals surface area (Å²) in [5.74, 6) is -0.416. The van der Waals surface area contributed by atoms with E-state index >= 15 is 0 Å². The van der Waals surface area contributed by atoms with Gasteiger partial charge in [0.2, 0.25) is 15.9 Å². The molecule has 7 nitrogen and oxygen atoms in total. The Hall–Kier alpha value is -1.93. The molecule has 3 N–H and O–H groups in total. The zero-order valence-corrected chi connectivity index (χ0v) is 15.2. The summed E-state index contributed by atoms with van der Waals surface area (Å²) >= 11 is 0. The summed E-state index contributed by atoms with van der Waals surface area (Å²) in [7, 11) is -2.19. The highest BCUT2D eigenvalue weighted by atomic mass is 32.2. The van der Waals surface area contributed by atoms with E-state index in [2.05, 4.69) is 15.4 Å². The van der Waals surface area contributed by atoms with Crippen LogP contribution in [0.2, 0.25) is 0 Å². The van der Waals surface area contributed by atoms with Gasteiger partial charge in [0.05, 0.1) is 4.90 Å². The van der Waals surface area contributed by atoms with Gasteiger partial charge in [-0.05, 0) is 37.1 Å². The van der Waals surface area contributed by atoms with Gasteiger partial charge in [-0.15, -0.1) is 0 Å². The van der Waals surface area contributed by atoms with E-state index in [1.54, 1.807) is 0 Å². The maximum Gasteiger partial charge on any atom is 0.251 e. The number of carbonyl (C=O) groups is 2. The third-order valence-corrected chi connectivity index (χ3v) is 5.75. The Labute approximate surface area is 148 Å². The molecule has 25 heavy (non-hydrogen) atoms. The lowest BCUT2D eigenvalue weighted by molar-refractivity contribution is -0.121. The van der Waals surface area contributed by atoms with Crippen molar-refractivity contribution >= 4 is 21.8 Å². The number of carbonyl (C=O) groups excluding carboxylic acids is 2. The molecule has 0 unspecified atom stereocenters. The van der Waals surface area contributed by atoms with Gasteiger partial charge in [0.25, 0.3) is 5.91 Å². The molecule has 0 aliphatic heterocycles. The average Bonchev–Trinajstić information content (AvgIpc) is 2.62. The normalized spacial score (nSPS) is 15.6. The molecule has 2 rings (SSSR count). The molecule has 1 fully saturated rings. The van der Waals surface area contributed by atoms with Crippen molar-refractivity contribution in [3.05, 3.63) is 29.8 Å². The van der Waals surface area contributed by atoms with Gasteiger partial charge < -0.3 is 10.6 Å². The molecular formula is C17H25N3O4S. The van der Waals surface area contributed by atoms with E-state index in [4.69, 9.17) is 0 Å². The Balaban J connectivity index is 1.82. The second-order valence-corrected chi connectivity index (χ2v) is 7.92. The summed E-state index contributed by atoms with van der Waals surface area (Å²) in [5.41, 5.74) is 0.383. The first-order chi connectivity index (χ1) is 11.9. The Morgan fingerprint density at radius 2 is 1.72 bits per heavy atom. The average molecular weight is 367 g/mol. The second kappa shape index (κ2) is 8.96. The highest BCUT2D eigenvalue weighted by Gasteiger charge is 2.17. The minimum absolute atomic E-state index is 0.0398. The van der Waals surface area contributed by atoms with Crippen LogP contribution in [0.15, 0.2) is 29.2 Å². The fraction of sp³-hybridized carbons (Fsp3) is 0.529.